The van der Waals surface area contributed by atoms with Gasteiger partial charge in [0.25, 0.3) is 0 Å². The van der Waals surface area contributed by atoms with Gasteiger partial charge < -0.3 is 15.4 Å². The largest absolute Gasteiger partial charge is 0.376 e. The normalized spacial score (nSPS) is 39.9. The lowest BCUT2D eigenvalue weighted by Crippen LogP contribution is -2.49. The second-order valence-electron chi connectivity index (χ2n) is 4.71. The van der Waals surface area contributed by atoms with Crippen molar-refractivity contribution in [1.82, 2.24) is 4.90 Å². The molecule has 2 N–H and O–H groups in total. The minimum atomic E-state index is 0.251. The van der Waals surface area contributed by atoms with E-state index >= 15 is 0 Å². The Balaban J connectivity index is 2.05. The predicted molar refractivity (Wildman–Crippen MR) is 52.6 cm³/mol. The molecule has 0 radical (unpaired) electrons. The first-order valence-electron chi connectivity index (χ1n) is 5.20. The smallest absolute Gasteiger partial charge is 0.0704 e. The van der Waals surface area contributed by atoms with Crippen LogP contribution in [0.5, 0.6) is 0 Å². The minimum Gasteiger partial charge on any atom is -0.376 e. The summed E-state index contributed by atoms with van der Waals surface area (Å²) in [7, 11) is 2.18. The summed E-state index contributed by atoms with van der Waals surface area (Å²) in [5.41, 5.74) is 6.49. The fourth-order valence-corrected chi connectivity index (χ4v) is 2.54. The Morgan fingerprint density at radius 1 is 1.38 bits per heavy atom. The maximum atomic E-state index is 6.19. The van der Waals surface area contributed by atoms with E-state index in [0.29, 0.717) is 5.41 Å². The molecule has 0 amide bonds. The number of nitrogens with zero attached hydrogens (tertiary/aromatic N) is 1. The SMILES string of the molecule is CC1OCC2(CCN(C)CC2)C1N. The van der Waals surface area contributed by atoms with E-state index in [0.717, 1.165) is 6.61 Å². The molecule has 2 heterocycles. The van der Waals surface area contributed by atoms with Gasteiger partial charge in [0.2, 0.25) is 0 Å². The molecule has 0 aromatic carbocycles. The van der Waals surface area contributed by atoms with Gasteiger partial charge in [-0.3, -0.25) is 0 Å². The molecule has 0 aromatic heterocycles. The van der Waals surface area contributed by atoms with Gasteiger partial charge in [0.1, 0.15) is 0 Å². The van der Waals surface area contributed by atoms with Crippen molar-refractivity contribution in [3.63, 3.8) is 0 Å². The Hall–Kier alpha value is -0.120. The predicted octanol–water partition coefficient (Wildman–Crippen LogP) is 0.444. The van der Waals surface area contributed by atoms with Crippen LogP contribution in [0.2, 0.25) is 0 Å². The van der Waals surface area contributed by atoms with Crippen LogP contribution in [0.15, 0.2) is 0 Å². The van der Waals surface area contributed by atoms with Crippen LogP contribution in [0.3, 0.4) is 0 Å². The van der Waals surface area contributed by atoms with Crippen molar-refractivity contribution in [2.24, 2.45) is 11.1 Å². The lowest BCUT2D eigenvalue weighted by Gasteiger charge is -2.39. The second-order valence-corrected chi connectivity index (χ2v) is 4.71. The molecule has 2 rings (SSSR count). The van der Waals surface area contributed by atoms with Crippen molar-refractivity contribution >= 4 is 0 Å². The molecule has 2 unspecified atom stereocenters. The fourth-order valence-electron chi connectivity index (χ4n) is 2.54. The number of ether oxygens (including phenoxy) is 1. The van der Waals surface area contributed by atoms with E-state index in [1.165, 1.54) is 25.9 Å². The van der Waals surface area contributed by atoms with Crippen molar-refractivity contribution in [3.8, 4) is 0 Å². The first kappa shape index (κ1) is 9.44. The fraction of sp³-hybridized carbons (Fsp3) is 1.00. The molecule has 2 atom stereocenters. The van der Waals surface area contributed by atoms with E-state index in [-0.39, 0.29) is 12.1 Å². The lowest BCUT2D eigenvalue weighted by molar-refractivity contribution is 0.0756. The highest BCUT2D eigenvalue weighted by Crippen LogP contribution is 2.40. The minimum absolute atomic E-state index is 0.251. The average molecular weight is 184 g/mol. The highest BCUT2D eigenvalue weighted by molar-refractivity contribution is 4.99. The monoisotopic (exact) mass is 184 g/mol. The van der Waals surface area contributed by atoms with Gasteiger partial charge in [-0.2, -0.15) is 0 Å². The third-order valence-corrected chi connectivity index (χ3v) is 3.83. The van der Waals surface area contributed by atoms with Gasteiger partial charge in [-0.25, -0.2) is 0 Å². The number of piperidine rings is 1. The van der Waals surface area contributed by atoms with Gasteiger partial charge in [-0.05, 0) is 39.9 Å². The molecule has 76 valence electrons. The van der Waals surface area contributed by atoms with E-state index in [9.17, 15) is 0 Å². The van der Waals surface area contributed by atoms with E-state index < -0.39 is 0 Å². The van der Waals surface area contributed by atoms with Gasteiger partial charge >= 0.3 is 0 Å². The van der Waals surface area contributed by atoms with Crippen LogP contribution in [0, 0.1) is 5.41 Å². The molecule has 3 nitrogen and oxygen atoms in total. The summed E-state index contributed by atoms with van der Waals surface area (Å²) in [5.74, 6) is 0. The molecule has 0 saturated carbocycles. The molecule has 2 fully saturated rings. The van der Waals surface area contributed by atoms with Crippen LogP contribution in [0.1, 0.15) is 19.8 Å². The molecule has 2 saturated heterocycles. The number of hydrogen-bond acceptors (Lipinski definition) is 3. The summed E-state index contributed by atoms with van der Waals surface area (Å²) >= 11 is 0. The van der Waals surface area contributed by atoms with Crippen molar-refractivity contribution in [2.45, 2.75) is 31.9 Å². The highest BCUT2D eigenvalue weighted by Gasteiger charge is 2.46. The molecule has 0 bridgehead atoms. The van der Waals surface area contributed by atoms with Gasteiger partial charge in [-0.15, -0.1) is 0 Å². The summed E-state index contributed by atoms with van der Waals surface area (Å²) in [6, 6.07) is 0.251. The van der Waals surface area contributed by atoms with E-state index in [1.54, 1.807) is 0 Å². The maximum Gasteiger partial charge on any atom is 0.0704 e. The molecule has 1 spiro atoms. The number of hydrogen-bond donors (Lipinski definition) is 1. The Kier molecular flexibility index (Phi) is 2.34. The maximum absolute atomic E-state index is 6.19. The van der Waals surface area contributed by atoms with E-state index in [4.69, 9.17) is 10.5 Å². The molecular weight excluding hydrogens is 164 g/mol. The molecule has 2 aliphatic rings. The average Bonchev–Trinajstić information content (AvgIpc) is 2.40. The third-order valence-electron chi connectivity index (χ3n) is 3.83. The molecule has 0 aliphatic carbocycles. The molecule has 3 heteroatoms. The number of likely N-dealkylation sites (tertiary alicyclic amines) is 1. The van der Waals surface area contributed by atoms with Crippen molar-refractivity contribution in [1.29, 1.82) is 0 Å². The van der Waals surface area contributed by atoms with Crippen LogP contribution in [-0.4, -0.2) is 43.8 Å². The summed E-state index contributed by atoms with van der Waals surface area (Å²) in [6.45, 7) is 5.31. The molecule has 2 aliphatic heterocycles. The topological polar surface area (TPSA) is 38.5 Å². The summed E-state index contributed by atoms with van der Waals surface area (Å²) in [4.78, 5) is 2.38. The van der Waals surface area contributed by atoms with Crippen LogP contribution < -0.4 is 5.73 Å². The zero-order valence-electron chi connectivity index (χ0n) is 8.62. The molecule has 0 aromatic rings. The summed E-state index contributed by atoms with van der Waals surface area (Å²) in [5, 5.41) is 0. The van der Waals surface area contributed by atoms with Crippen LogP contribution in [0.25, 0.3) is 0 Å². The van der Waals surface area contributed by atoms with Crippen molar-refractivity contribution < 1.29 is 4.74 Å². The number of nitrogens with two attached hydrogens (primary N) is 1. The van der Waals surface area contributed by atoms with Gasteiger partial charge in [0.15, 0.2) is 0 Å². The molecular formula is C10H20N2O. The highest BCUT2D eigenvalue weighted by atomic mass is 16.5. The van der Waals surface area contributed by atoms with Crippen LogP contribution in [0.4, 0.5) is 0 Å². The third kappa shape index (κ3) is 1.49. The van der Waals surface area contributed by atoms with Crippen LogP contribution in [-0.2, 0) is 4.74 Å². The van der Waals surface area contributed by atoms with Gasteiger partial charge in [0.05, 0.1) is 12.7 Å². The first-order chi connectivity index (χ1) is 6.14. The van der Waals surface area contributed by atoms with Crippen LogP contribution >= 0.6 is 0 Å². The Labute approximate surface area is 80.2 Å². The Bertz CT molecular complexity index is 187. The summed E-state index contributed by atoms with van der Waals surface area (Å²) in [6.07, 6.45) is 2.66. The van der Waals surface area contributed by atoms with Crippen molar-refractivity contribution in [2.75, 3.05) is 26.7 Å². The first-order valence-corrected chi connectivity index (χ1v) is 5.20. The second kappa shape index (κ2) is 3.23. The quantitative estimate of drug-likeness (QED) is 0.594. The zero-order valence-corrected chi connectivity index (χ0v) is 8.62. The number of rotatable bonds is 0. The Morgan fingerprint density at radius 2 is 2.00 bits per heavy atom. The zero-order chi connectivity index (χ0) is 9.47. The lowest BCUT2D eigenvalue weighted by atomic mass is 9.73. The molecule has 13 heavy (non-hydrogen) atoms. The van der Waals surface area contributed by atoms with E-state index in [1.807, 2.05) is 0 Å². The van der Waals surface area contributed by atoms with E-state index in [2.05, 4.69) is 18.9 Å². The standard InChI is InChI=1S/C10H20N2O/c1-8-9(11)10(7-13-8)3-5-12(2)6-4-10/h8-9H,3-7,11H2,1-2H3. The van der Waals surface area contributed by atoms with Crippen molar-refractivity contribution in [3.05, 3.63) is 0 Å². The summed E-state index contributed by atoms with van der Waals surface area (Å²) < 4.78 is 5.65. The Morgan fingerprint density at radius 3 is 2.46 bits per heavy atom. The van der Waals surface area contributed by atoms with Gasteiger partial charge in [-0.1, -0.05) is 0 Å². The van der Waals surface area contributed by atoms with Gasteiger partial charge in [0, 0.05) is 11.5 Å².